The quantitative estimate of drug-likeness (QED) is 0.537. The summed E-state index contributed by atoms with van der Waals surface area (Å²) in [6.07, 6.45) is 4.49. The Morgan fingerprint density at radius 2 is 2.14 bits per heavy atom. The maximum Gasteiger partial charge on any atom is 0.253 e. The van der Waals surface area contributed by atoms with E-state index >= 15 is 0 Å². The third-order valence-corrected chi connectivity index (χ3v) is 5.22. The lowest BCUT2D eigenvalue weighted by Gasteiger charge is -2.05. The van der Waals surface area contributed by atoms with Gasteiger partial charge in [0.15, 0.2) is 0 Å². The second-order valence-corrected chi connectivity index (χ2v) is 7.49. The van der Waals surface area contributed by atoms with Crippen molar-refractivity contribution in [3.63, 3.8) is 0 Å². The zero-order valence-electron chi connectivity index (χ0n) is 11.9. The van der Waals surface area contributed by atoms with Crippen LogP contribution in [0.2, 0.25) is 0 Å². The highest BCUT2D eigenvalue weighted by atomic mass is 32.2. The van der Waals surface area contributed by atoms with Gasteiger partial charge in [0.1, 0.15) is 0 Å². The lowest BCUT2D eigenvalue weighted by atomic mass is 10.3. The Bertz CT molecular complexity index is 788. The summed E-state index contributed by atoms with van der Waals surface area (Å²) in [5.41, 5.74) is 1.08. The average Bonchev–Trinajstić information content (AvgIpc) is 3.08. The van der Waals surface area contributed by atoms with Crippen molar-refractivity contribution in [3.05, 3.63) is 47.7 Å². The van der Waals surface area contributed by atoms with Gasteiger partial charge in [-0.3, -0.25) is 0 Å². The van der Waals surface area contributed by atoms with Crippen LogP contribution in [0.15, 0.2) is 47.9 Å². The molecule has 0 saturated heterocycles. The van der Waals surface area contributed by atoms with Crippen molar-refractivity contribution in [1.82, 2.24) is 24.6 Å². The van der Waals surface area contributed by atoms with Crippen LogP contribution < -0.4 is 0 Å². The third kappa shape index (κ3) is 2.69. The van der Waals surface area contributed by atoms with E-state index in [-0.39, 0.29) is 0 Å². The first-order valence-electron chi connectivity index (χ1n) is 6.96. The summed E-state index contributed by atoms with van der Waals surface area (Å²) in [4.78, 5) is 13.3. The highest BCUT2D eigenvalue weighted by Crippen LogP contribution is 2.27. The number of benzene rings is 1. The maximum absolute atomic E-state index is 4.68. The Balaban J connectivity index is 1.50. The fourth-order valence-corrected chi connectivity index (χ4v) is 4.31. The summed E-state index contributed by atoms with van der Waals surface area (Å²) in [6, 6.07) is 10.1. The van der Waals surface area contributed by atoms with E-state index in [1.165, 1.54) is 4.70 Å². The Hall–Kier alpha value is -1.99. The molecule has 5 nitrogen and oxygen atoms in total. The monoisotopic (exact) mass is 327 g/mol. The van der Waals surface area contributed by atoms with Gasteiger partial charge in [-0.05, 0) is 18.2 Å². The molecule has 4 rings (SSSR count). The summed E-state index contributed by atoms with van der Waals surface area (Å²) in [6.45, 7) is 2.18. The molecule has 4 aromatic rings. The van der Waals surface area contributed by atoms with E-state index in [4.69, 9.17) is 0 Å². The van der Waals surface area contributed by atoms with Crippen LogP contribution in [0.4, 0.5) is 0 Å². The molecule has 0 aliphatic rings. The lowest BCUT2D eigenvalue weighted by molar-refractivity contribution is 0.866. The molecule has 0 spiro atoms. The third-order valence-electron chi connectivity index (χ3n) is 3.20. The molecule has 0 radical (unpaired) electrons. The molecule has 0 aliphatic carbocycles. The molecule has 22 heavy (non-hydrogen) atoms. The van der Waals surface area contributed by atoms with Crippen molar-refractivity contribution in [2.75, 3.05) is 0 Å². The number of aromatic nitrogens is 5. The minimum atomic E-state index is 0.359. The zero-order chi connectivity index (χ0) is 14.9. The van der Waals surface area contributed by atoms with Gasteiger partial charge < -0.3 is 0 Å². The predicted octanol–water partition coefficient (Wildman–Crippen LogP) is 3.46. The van der Waals surface area contributed by atoms with Crippen molar-refractivity contribution in [2.24, 2.45) is 0 Å². The van der Waals surface area contributed by atoms with Gasteiger partial charge in [-0.1, -0.05) is 30.8 Å². The fraction of sp³-hybridized carbons (Fsp3) is 0.200. The number of thiazole rings is 1. The molecule has 1 aromatic carbocycles. The molecule has 0 unspecified atom stereocenters. The molecule has 0 N–H and O–H groups in total. The SMILES string of the molecule is C[C@H](Cc1nc2ccccc2s1)Sc1nc2ncccn2n1. The van der Waals surface area contributed by atoms with Gasteiger partial charge in [0.25, 0.3) is 5.78 Å². The molecule has 0 saturated carbocycles. The second kappa shape index (κ2) is 5.66. The molecule has 0 aliphatic heterocycles. The molecule has 110 valence electrons. The minimum absolute atomic E-state index is 0.359. The minimum Gasteiger partial charge on any atom is -0.241 e. The van der Waals surface area contributed by atoms with Crippen LogP contribution in [0.25, 0.3) is 16.0 Å². The molecular weight excluding hydrogens is 314 g/mol. The number of fused-ring (bicyclic) bond motifs is 2. The van der Waals surface area contributed by atoms with Gasteiger partial charge >= 0.3 is 0 Å². The average molecular weight is 327 g/mol. The molecule has 0 fully saturated rings. The fourth-order valence-electron chi connectivity index (χ4n) is 2.24. The van der Waals surface area contributed by atoms with E-state index in [9.17, 15) is 0 Å². The predicted molar refractivity (Wildman–Crippen MR) is 89.4 cm³/mol. The molecular formula is C15H13N5S2. The number of para-hydroxylation sites is 1. The number of hydrogen-bond acceptors (Lipinski definition) is 6. The normalized spacial score (nSPS) is 13.0. The Morgan fingerprint density at radius 1 is 1.23 bits per heavy atom. The number of nitrogens with zero attached hydrogens (tertiary/aromatic N) is 5. The Labute approximate surface area is 135 Å². The first-order valence-corrected chi connectivity index (χ1v) is 8.66. The second-order valence-electron chi connectivity index (χ2n) is 4.97. The topological polar surface area (TPSA) is 56.0 Å². The van der Waals surface area contributed by atoms with Gasteiger partial charge in [0.2, 0.25) is 5.16 Å². The molecule has 7 heteroatoms. The van der Waals surface area contributed by atoms with Gasteiger partial charge in [-0.2, -0.15) is 4.98 Å². The van der Waals surface area contributed by atoms with Gasteiger partial charge in [-0.15, -0.1) is 16.4 Å². The first-order chi connectivity index (χ1) is 10.8. The van der Waals surface area contributed by atoms with Gasteiger partial charge in [0, 0.05) is 24.1 Å². The molecule has 0 bridgehead atoms. The van der Waals surface area contributed by atoms with E-state index in [1.807, 2.05) is 18.3 Å². The van der Waals surface area contributed by atoms with E-state index in [0.717, 1.165) is 22.1 Å². The van der Waals surface area contributed by atoms with Crippen molar-refractivity contribution < 1.29 is 0 Å². The lowest BCUT2D eigenvalue weighted by Crippen LogP contribution is -2.01. The van der Waals surface area contributed by atoms with Crippen molar-refractivity contribution in [2.45, 2.75) is 23.8 Å². The van der Waals surface area contributed by atoms with Gasteiger partial charge in [0.05, 0.1) is 15.2 Å². The zero-order valence-corrected chi connectivity index (χ0v) is 13.5. The van der Waals surface area contributed by atoms with Crippen LogP contribution in [-0.4, -0.2) is 29.8 Å². The molecule has 0 amide bonds. The van der Waals surface area contributed by atoms with Crippen LogP contribution in [0.5, 0.6) is 0 Å². The number of hydrogen-bond donors (Lipinski definition) is 0. The van der Waals surface area contributed by atoms with Crippen LogP contribution in [0, 0.1) is 0 Å². The van der Waals surface area contributed by atoms with Crippen LogP contribution in [-0.2, 0) is 6.42 Å². The summed E-state index contributed by atoms with van der Waals surface area (Å²) < 4.78 is 2.94. The highest BCUT2D eigenvalue weighted by molar-refractivity contribution is 7.99. The molecule has 3 heterocycles. The summed E-state index contributed by atoms with van der Waals surface area (Å²) >= 11 is 3.42. The van der Waals surface area contributed by atoms with E-state index in [1.54, 1.807) is 33.8 Å². The summed E-state index contributed by atoms with van der Waals surface area (Å²) in [7, 11) is 0. The highest BCUT2D eigenvalue weighted by Gasteiger charge is 2.13. The first kappa shape index (κ1) is 13.7. The van der Waals surface area contributed by atoms with Crippen LogP contribution in [0.1, 0.15) is 11.9 Å². The standard InChI is InChI=1S/C15H13N5S2/c1-10(9-13-17-11-5-2-3-6-12(11)22-13)21-15-18-14-16-7-4-8-20(14)19-15/h2-8,10H,9H2,1H3/t10-/m1/s1. The van der Waals surface area contributed by atoms with Crippen molar-refractivity contribution in [3.8, 4) is 0 Å². The largest absolute Gasteiger partial charge is 0.253 e. The Kier molecular flexibility index (Phi) is 3.51. The van der Waals surface area contributed by atoms with Crippen molar-refractivity contribution in [1.29, 1.82) is 0 Å². The van der Waals surface area contributed by atoms with Crippen LogP contribution >= 0.6 is 23.1 Å². The summed E-state index contributed by atoms with van der Waals surface area (Å²) in [5, 5.41) is 6.70. The Morgan fingerprint density at radius 3 is 3.00 bits per heavy atom. The van der Waals surface area contributed by atoms with Crippen molar-refractivity contribution >= 4 is 39.1 Å². The summed E-state index contributed by atoms with van der Waals surface area (Å²) in [5.74, 6) is 0.636. The van der Waals surface area contributed by atoms with Gasteiger partial charge in [-0.25, -0.2) is 14.5 Å². The van der Waals surface area contributed by atoms with E-state index < -0.39 is 0 Å². The molecule has 1 atom stereocenters. The van der Waals surface area contributed by atoms with E-state index in [0.29, 0.717) is 11.0 Å². The number of thioether (sulfide) groups is 1. The van der Waals surface area contributed by atoms with Crippen LogP contribution in [0.3, 0.4) is 0 Å². The van der Waals surface area contributed by atoms with E-state index in [2.05, 4.69) is 45.2 Å². The number of rotatable bonds is 4. The molecule has 3 aromatic heterocycles. The smallest absolute Gasteiger partial charge is 0.241 e. The maximum atomic E-state index is 4.68.